The number of nitrogens with zero attached hydrogens (tertiary/aromatic N) is 1. The zero-order valence-electron chi connectivity index (χ0n) is 13.9. The summed E-state index contributed by atoms with van der Waals surface area (Å²) in [6.07, 6.45) is 4.55. The van der Waals surface area contributed by atoms with Gasteiger partial charge < -0.3 is 5.32 Å². The Morgan fingerprint density at radius 2 is 1.81 bits per heavy atom. The molecule has 5 unspecified atom stereocenters. The molecule has 3 aliphatic carbocycles. The Morgan fingerprint density at radius 3 is 2.33 bits per heavy atom. The molecular formula is C18H28N2S. The van der Waals surface area contributed by atoms with Crippen molar-refractivity contribution in [3.8, 4) is 0 Å². The van der Waals surface area contributed by atoms with E-state index in [9.17, 15) is 0 Å². The Hall–Kier alpha value is -0.410. The molecule has 3 fully saturated rings. The third-order valence-electron chi connectivity index (χ3n) is 6.05. The standard InChI is InChI=1S/C18H28N2S/c1-9(16-10(2)20-17(21-16)18(3,4)5)19-15-13-11-6-7-12(8-11)14(13)15/h9,11-15,19H,6-8H2,1-5H3. The molecule has 0 saturated heterocycles. The summed E-state index contributed by atoms with van der Waals surface area (Å²) in [5.41, 5.74) is 1.40. The summed E-state index contributed by atoms with van der Waals surface area (Å²) in [5, 5.41) is 5.23. The fourth-order valence-electron chi connectivity index (χ4n) is 5.04. The minimum absolute atomic E-state index is 0.169. The quantitative estimate of drug-likeness (QED) is 0.892. The minimum atomic E-state index is 0.169. The smallest absolute Gasteiger partial charge is 0.0985 e. The largest absolute Gasteiger partial charge is 0.306 e. The lowest BCUT2D eigenvalue weighted by Crippen LogP contribution is -2.26. The van der Waals surface area contributed by atoms with Gasteiger partial charge in [0.1, 0.15) is 0 Å². The average Bonchev–Trinajstić information content (AvgIpc) is 2.81. The predicted molar refractivity (Wildman–Crippen MR) is 88.7 cm³/mol. The number of thiazole rings is 1. The summed E-state index contributed by atoms with van der Waals surface area (Å²) >= 11 is 1.92. The Bertz CT molecular complexity index is 540. The van der Waals surface area contributed by atoms with Gasteiger partial charge >= 0.3 is 0 Å². The van der Waals surface area contributed by atoms with Gasteiger partial charge in [0.05, 0.1) is 10.7 Å². The van der Waals surface area contributed by atoms with Crippen LogP contribution in [0, 0.1) is 30.6 Å². The molecule has 116 valence electrons. The van der Waals surface area contributed by atoms with Gasteiger partial charge in [0.2, 0.25) is 0 Å². The van der Waals surface area contributed by atoms with Crippen LogP contribution in [0.3, 0.4) is 0 Å². The number of hydrogen-bond donors (Lipinski definition) is 1. The molecule has 3 heteroatoms. The Balaban J connectivity index is 1.47. The maximum absolute atomic E-state index is 4.82. The van der Waals surface area contributed by atoms with Gasteiger partial charge in [-0.2, -0.15) is 0 Å². The molecule has 1 heterocycles. The van der Waals surface area contributed by atoms with Crippen molar-refractivity contribution < 1.29 is 0 Å². The molecule has 0 aromatic carbocycles. The van der Waals surface area contributed by atoms with Gasteiger partial charge in [0.15, 0.2) is 0 Å². The average molecular weight is 305 g/mol. The van der Waals surface area contributed by atoms with Crippen LogP contribution in [0.15, 0.2) is 0 Å². The van der Waals surface area contributed by atoms with Crippen LogP contribution >= 0.6 is 11.3 Å². The Kier molecular flexibility index (Phi) is 3.07. The predicted octanol–water partition coefficient (Wildman–Crippen LogP) is 4.44. The minimum Gasteiger partial charge on any atom is -0.306 e. The number of aryl methyl sites for hydroxylation is 1. The first-order chi connectivity index (χ1) is 9.86. The number of fused-ring (bicyclic) bond motifs is 5. The lowest BCUT2D eigenvalue weighted by molar-refractivity contribution is 0.435. The van der Waals surface area contributed by atoms with Crippen LogP contribution in [0.2, 0.25) is 0 Å². The highest BCUT2D eigenvalue weighted by Gasteiger charge is 2.64. The van der Waals surface area contributed by atoms with E-state index in [-0.39, 0.29) is 5.41 Å². The zero-order chi connectivity index (χ0) is 14.9. The highest BCUT2D eigenvalue weighted by atomic mass is 32.1. The summed E-state index contributed by atoms with van der Waals surface area (Å²) in [4.78, 5) is 6.28. The SMILES string of the molecule is Cc1nc(C(C)(C)C)sc1C(C)NC1C2C3CCC(C3)C12. The van der Waals surface area contributed by atoms with Crippen LogP contribution in [-0.4, -0.2) is 11.0 Å². The number of aromatic nitrogens is 1. The first-order valence-electron chi connectivity index (χ1n) is 8.60. The molecule has 1 aromatic heterocycles. The van der Waals surface area contributed by atoms with Crippen molar-refractivity contribution in [3.63, 3.8) is 0 Å². The first-order valence-corrected chi connectivity index (χ1v) is 9.41. The maximum atomic E-state index is 4.82. The second kappa shape index (κ2) is 4.55. The first kappa shape index (κ1) is 14.2. The second-order valence-corrected chi connectivity index (χ2v) is 9.65. The Morgan fingerprint density at radius 1 is 1.19 bits per heavy atom. The Labute approximate surface area is 132 Å². The molecule has 4 rings (SSSR count). The summed E-state index contributed by atoms with van der Waals surface area (Å²) in [6, 6.07) is 1.28. The second-order valence-electron chi connectivity index (χ2n) is 8.62. The fourth-order valence-corrected chi connectivity index (χ4v) is 6.18. The molecule has 0 aliphatic heterocycles. The highest BCUT2D eigenvalue weighted by Crippen LogP contribution is 2.66. The maximum Gasteiger partial charge on any atom is 0.0985 e. The van der Waals surface area contributed by atoms with Crippen LogP contribution in [0.5, 0.6) is 0 Å². The lowest BCUT2D eigenvalue weighted by atomic mass is 9.98. The third kappa shape index (κ3) is 2.19. The van der Waals surface area contributed by atoms with E-state index >= 15 is 0 Å². The van der Waals surface area contributed by atoms with E-state index in [4.69, 9.17) is 4.98 Å². The monoisotopic (exact) mass is 304 g/mol. The molecule has 5 atom stereocenters. The molecule has 3 aliphatic rings. The van der Waals surface area contributed by atoms with E-state index in [1.165, 1.54) is 34.8 Å². The third-order valence-corrected chi connectivity index (χ3v) is 7.81. The summed E-state index contributed by atoms with van der Waals surface area (Å²) in [5.74, 6) is 4.14. The van der Waals surface area contributed by atoms with Gasteiger partial charge in [-0.1, -0.05) is 20.8 Å². The molecular weight excluding hydrogens is 276 g/mol. The van der Waals surface area contributed by atoms with E-state index < -0.39 is 0 Å². The van der Waals surface area contributed by atoms with Gasteiger partial charge in [0.25, 0.3) is 0 Å². The summed E-state index contributed by atoms with van der Waals surface area (Å²) < 4.78 is 0. The van der Waals surface area contributed by atoms with E-state index in [2.05, 4.69) is 39.9 Å². The molecule has 1 aromatic rings. The molecule has 0 amide bonds. The zero-order valence-corrected chi connectivity index (χ0v) is 14.8. The van der Waals surface area contributed by atoms with Crippen molar-refractivity contribution in [2.45, 2.75) is 71.4 Å². The topological polar surface area (TPSA) is 24.9 Å². The van der Waals surface area contributed by atoms with Gasteiger partial charge in [-0.25, -0.2) is 4.98 Å². The number of nitrogens with one attached hydrogen (secondary N) is 1. The van der Waals surface area contributed by atoms with Gasteiger partial charge in [-0.3, -0.25) is 0 Å². The number of rotatable bonds is 3. The lowest BCUT2D eigenvalue weighted by Gasteiger charge is -2.17. The van der Waals surface area contributed by atoms with Crippen molar-refractivity contribution in [2.75, 3.05) is 0 Å². The molecule has 21 heavy (non-hydrogen) atoms. The van der Waals surface area contributed by atoms with Crippen molar-refractivity contribution in [1.29, 1.82) is 0 Å². The normalized spacial score (nSPS) is 38.6. The van der Waals surface area contributed by atoms with Gasteiger partial charge in [-0.05, 0) is 56.8 Å². The van der Waals surface area contributed by atoms with Crippen LogP contribution < -0.4 is 5.32 Å². The van der Waals surface area contributed by atoms with E-state index in [1.807, 2.05) is 11.3 Å². The van der Waals surface area contributed by atoms with Crippen LogP contribution in [0.1, 0.15) is 68.6 Å². The fraction of sp³-hybridized carbons (Fsp3) is 0.833. The molecule has 3 saturated carbocycles. The van der Waals surface area contributed by atoms with Crippen LogP contribution in [0.4, 0.5) is 0 Å². The van der Waals surface area contributed by atoms with Crippen molar-refractivity contribution >= 4 is 11.3 Å². The van der Waals surface area contributed by atoms with Gasteiger partial charge in [-0.15, -0.1) is 11.3 Å². The highest BCUT2D eigenvalue weighted by molar-refractivity contribution is 7.12. The number of hydrogen-bond acceptors (Lipinski definition) is 3. The molecule has 1 N–H and O–H groups in total. The molecule has 2 nitrogen and oxygen atoms in total. The molecule has 0 radical (unpaired) electrons. The van der Waals surface area contributed by atoms with Crippen LogP contribution in [0.25, 0.3) is 0 Å². The van der Waals surface area contributed by atoms with Crippen molar-refractivity contribution in [1.82, 2.24) is 10.3 Å². The van der Waals surface area contributed by atoms with Gasteiger partial charge in [0, 0.05) is 22.4 Å². The van der Waals surface area contributed by atoms with Crippen molar-refractivity contribution in [2.24, 2.45) is 23.7 Å². The van der Waals surface area contributed by atoms with E-state index in [0.29, 0.717) is 6.04 Å². The van der Waals surface area contributed by atoms with Crippen LogP contribution in [-0.2, 0) is 5.41 Å². The van der Waals surface area contributed by atoms with Crippen molar-refractivity contribution in [3.05, 3.63) is 15.6 Å². The molecule has 0 spiro atoms. The van der Waals surface area contributed by atoms with E-state index in [0.717, 1.165) is 29.7 Å². The molecule has 2 bridgehead atoms. The summed E-state index contributed by atoms with van der Waals surface area (Å²) in [7, 11) is 0. The summed E-state index contributed by atoms with van der Waals surface area (Å²) in [6.45, 7) is 11.3. The van der Waals surface area contributed by atoms with E-state index in [1.54, 1.807) is 0 Å².